The van der Waals surface area contributed by atoms with Crippen molar-refractivity contribution < 1.29 is 9.18 Å². The number of rotatable bonds is 6. The summed E-state index contributed by atoms with van der Waals surface area (Å²) in [6.45, 7) is 4.16. The van der Waals surface area contributed by atoms with Gasteiger partial charge in [0.2, 0.25) is 5.69 Å². The SMILES string of the molecule is CCN(CC)C(=O)c1nn(-c2ccc(F)cc2)c(=O)n(Cc2ccccc2Cl)c1=O. The number of aromatic nitrogens is 3. The van der Waals surface area contributed by atoms with E-state index >= 15 is 0 Å². The molecule has 0 aliphatic heterocycles. The van der Waals surface area contributed by atoms with Crippen molar-refractivity contribution in [3.8, 4) is 5.69 Å². The molecule has 0 atom stereocenters. The third-order valence-corrected chi connectivity index (χ3v) is 5.04. The molecule has 0 aliphatic rings. The largest absolute Gasteiger partial charge is 0.352 e. The van der Waals surface area contributed by atoms with Crippen LogP contribution in [0, 0.1) is 5.82 Å². The van der Waals surface area contributed by atoms with Crippen molar-refractivity contribution in [3.05, 3.63) is 91.5 Å². The average Bonchev–Trinajstić information content (AvgIpc) is 2.74. The highest BCUT2D eigenvalue weighted by atomic mass is 35.5. The van der Waals surface area contributed by atoms with E-state index in [2.05, 4.69) is 5.10 Å². The lowest BCUT2D eigenvalue weighted by molar-refractivity contribution is 0.0761. The number of nitrogens with zero attached hydrogens (tertiary/aromatic N) is 4. The van der Waals surface area contributed by atoms with Gasteiger partial charge in [-0.15, -0.1) is 0 Å². The van der Waals surface area contributed by atoms with Crippen LogP contribution in [0.15, 0.2) is 58.1 Å². The zero-order chi connectivity index (χ0) is 21.8. The molecule has 3 aromatic rings. The van der Waals surface area contributed by atoms with Crippen LogP contribution in [0.3, 0.4) is 0 Å². The summed E-state index contributed by atoms with van der Waals surface area (Å²) in [6, 6.07) is 11.8. The molecule has 9 heteroatoms. The van der Waals surface area contributed by atoms with Crippen molar-refractivity contribution in [3.63, 3.8) is 0 Å². The molecule has 7 nitrogen and oxygen atoms in total. The van der Waals surface area contributed by atoms with E-state index in [4.69, 9.17) is 11.6 Å². The van der Waals surface area contributed by atoms with Gasteiger partial charge in [-0.25, -0.2) is 9.18 Å². The Morgan fingerprint density at radius 1 is 1.07 bits per heavy atom. The van der Waals surface area contributed by atoms with Gasteiger partial charge in [0, 0.05) is 18.1 Å². The first kappa shape index (κ1) is 21.4. The molecule has 1 aromatic heterocycles. The van der Waals surface area contributed by atoms with Crippen LogP contribution in [0.5, 0.6) is 0 Å². The predicted octanol–water partition coefficient (Wildman–Crippen LogP) is 2.72. The number of halogens is 2. The fourth-order valence-electron chi connectivity index (χ4n) is 3.00. The highest BCUT2D eigenvalue weighted by Gasteiger charge is 2.23. The first-order chi connectivity index (χ1) is 14.4. The molecule has 0 aliphatic carbocycles. The van der Waals surface area contributed by atoms with Crippen LogP contribution in [-0.4, -0.2) is 38.2 Å². The number of carbonyl (C=O) groups excluding carboxylic acids is 1. The van der Waals surface area contributed by atoms with Gasteiger partial charge in [0.1, 0.15) is 5.82 Å². The molecule has 0 unspecified atom stereocenters. The van der Waals surface area contributed by atoms with Gasteiger partial charge in [-0.3, -0.25) is 14.2 Å². The standard InChI is InChI=1S/C21H20ClFN4O3/c1-3-25(4-2)19(28)18-20(29)26(13-14-7-5-6-8-17(14)22)21(30)27(24-18)16-11-9-15(23)10-12-16/h5-12H,3-4,13H2,1-2H3. The maximum absolute atomic E-state index is 13.3. The van der Waals surface area contributed by atoms with Gasteiger partial charge in [0.05, 0.1) is 12.2 Å². The van der Waals surface area contributed by atoms with Gasteiger partial charge >= 0.3 is 5.69 Å². The number of amides is 1. The summed E-state index contributed by atoms with van der Waals surface area (Å²) in [4.78, 5) is 40.5. The van der Waals surface area contributed by atoms with E-state index in [0.29, 0.717) is 23.7 Å². The number of hydrogen-bond acceptors (Lipinski definition) is 4. The van der Waals surface area contributed by atoms with Gasteiger partial charge in [-0.2, -0.15) is 9.78 Å². The third-order valence-electron chi connectivity index (χ3n) is 4.67. The summed E-state index contributed by atoms with van der Waals surface area (Å²) in [5, 5.41) is 4.42. The van der Waals surface area contributed by atoms with Crippen LogP contribution in [0.25, 0.3) is 5.69 Å². The number of benzene rings is 2. The lowest BCUT2D eigenvalue weighted by Crippen LogP contribution is -2.46. The molecule has 2 aromatic carbocycles. The van der Waals surface area contributed by atoms with E-state index in [-0.39, 0.29) is 12.2 Å². The van der Waals surface area contributed by atoms with Gasteiger partial charge in [-0.1, -0.05) is 29.8 Å². The Balaban J connectivity index is 2.25. The van der Waals surface area contributed by atoms with Gasteiger partial charge in [0.15, 0.2) is 0 Å². The Labute approximate surface area is 176 Å². The molecule has 0 saturated heterocycles. The monoisotopic (exact) mass is 430 g/mol. The van der Waals surface area contributed by atoms with Crippen LogP contribution in [0.2, 0.25) is 5.02 Å². The summed E-state index contributed by atoms with van der Waals surface area (Å²) < 4.78 is 15.2. The summed E-state index contributed by atoms with van der Waals surface area (Å²) in [5.74, 6) is -1.08. The first-order valence-corrected chi connectivity index (χ1v) is 9.78. The topological polar surface area (TPSA) is 77.2 Å². The molecule has 0 saturated carbocycles. The molecule has 1 heterocycles. The lowest BCUT2D eigenvalue weighted by atomic mass is 10.2. The van der Waals surface area contributed by atoms with Crippen molar-refractivity contribution in [1.29, 1.82) is 0 Å². The molecule has 3 rings (SSSR count). The second-order valence-corrected chi connectivity index (χ2v) is 6.89. The third kappa shape index (κ3) is 4.18. The molecule has 0 bridgehead atoms. The molecule has 0 radical (unpaired) electrons. The van der Waals surface area contributed by atoms with Crippen molar-refractivity contribution >= 4 is 17.5 Å². The molecule has 1 amide bonds. The van der Waals surface area contributed by atoms with E-state index in [1.54, 1.807) is 38.1 Å². The second-order valence-electron chi connectivity index (χ2n) is 6.48. The maximum atomic E-state index is 13.3. The average molecular weight is 431 g/mol. The van der Waals surface area contributed by atoms with Gasteiger partial charge < -0.3 is 4.90 Å². The zero-order valence-corrected chi connectivity index (χ0v) is 17.3. The Kier molecular flexibility index (Phi) is 6.47. The van der Waals surface area contributed by atoms with E-state index in [9.17, 15) is 18.8 Å². The van der Waals surface area contributed by atoms with Gasteiger partial charge in [-0.05, 0) is 49.7 Å². The maximum Gasteiger partial charge on any atom is 0.352 e. The predicted molar refractivity (Wildman–Crippen MR) is 112 cm³/mol. The van der Waals surface area contributed by atoms with Crippen LogP contribution in [-0.2, 0) is 6.54 Å². The van der Waals surface area contributed by atoms with E-state index in [1.165, 1.54) is 29.2 Å². The molecule has 0 spiro atoms. The van der Waals surface area contributed by atoms with Crippen LogP contribution in [0.1, 0.15) is 29.9 Å². The molecule has 0 N–H and O–H groups in total. The highest BCUT2D eigenvalue weighted by Crippen LogP contribution is 2.15. The number of carbonyl (C=O) groups is 1. The molecular formula is C21H20ClFN4O3. The van der Waals surface area contributed by atoms with E-state index in [0.717, 1.165) is 9.25 Å². The van der Waals surface area contributed by atoms with Crippen LogP contribution < -0.4 is 11.2 Å². The summed E-state index contributed by atoms with van der Waals surface area (Å²) in [7, 11) is 0. The smallest absolute Gasteiger partial charge is 0.338 e. The quantitative estimate of drug-likeness (QED) is 0.602. The van der Waals surface area contributed by atoms with Crippen molar-refractivity contribution in [2.45, 2.75) is 20.4 Å². The minimum absolute atomic E-state index is 0.139. The normalized spacial score (nSPS) is 10.8. The lowest BCUT2D eigenvalue weighted by Gasteiger charge is -2.19. The summed E-state index contributed by atoms with van der Waals surface area (Å²) in [5.41, 5.74) is -1.20. The fourth-order valence-corrected chi connectivity index (χ4v) is 3.19. The fraction of sp³-hybridized carbons (Fsp3) is 0.238. The van der Waals surface area contributed by atoms with Gasteiger partial charge in [0.25, 0.3) is 11.5 Å². The Bertz CT molecular complexity index is 1180. The molecule has 30 heavy (non-hydrogen) atoms. The number of hydrogen-bond donors (Lipinski definition) is 0. The first-order valence-electron chi connectivity index (χ1n) is 9.40. The zero-order valence-electron chi connectivity index (χ0n) is 16.5. The Hall–Kier alpha value is -3.26. The van der Waals surface area contributed by atoms with E-state index in [1.807, 2.05) is 0 Å². The Morgan fingerprint density at radius 2 is 1.70 bits per heavy atom. The van der Waals surface area contributed by atoms with Crippen molar-refractivity contribution in [1.82, 2.24) is 19.2 Å². The molecular weight excluding hydrogens is 411 g/mol. The van der Waals surface area contributed by atoms with Crippen LogP contribution in [0.4, 0.5) is 4.39 Å². The molecule has 156 valence electrons. The van der Waals surface area contributed by atoms with Crippen molar-refractivity contribution in [2.75, 3.05) is 13.1 Å². The summed E-state index contributed by atoms with van der Waals surface area (Å²) >= 11 is 6.19. The minimum Gasteiger partial charge on any atom is -0.338 e. The van der Waals surface area contributed by atoms with Crippen LogP contribution >= 0.6 is 11.6 Å². The van der Waals surface area contributed by atoms with E-state index < -0.39 is 28.7 Å². The Morgan fingerprint density at radius 3 is 2.30 bits per heavy atom. The second kappa shape index (κ2) is 9.04. The summed E-state index contributed by atoms with van der Waals surface area (Å²) in [6.07, 6.45) is 0. The minimum atomic E-state index is -0.810. The molecule has 0 fully saturated rings. The highest BCUT2D eigenvalue weighted by molar-refractivity contribution is 6.31. The van der Waals surface area contributed by atoms with Crippen molar-refractivity contribution in [2.24, 2.45) is 0 Å².